The van der Waals surface area contributed by atoms with Gasteiger partial charge in [0.15, 0.2) is 0 Å². The molecular weight excluding hydrogens is 340 g/mol. The number of benzene rings is 2. The SMILES string of the molecule is COc1ccccc1/C=N\NC(=O)c1cccc(Cn2nc(C)cc2C)c1. The molecule has 0 fully saturated rings. The molecule has 3 rings (SSSR count). The fourth-order valence-corrected chi connectivity index (χ4v) is 2.82. The van der Waals surface area contributed by atoms with E-state index in [0.717, 1.165) is 22.5 Å². The van der Waals surface area contributed by atoms with Crippen molar-refractivity contribution < 1.29 is 9.53 Å². The summed E-state index contributed by atoms with van der Waals surface area (Å²) in [5, 5.41) is 8.50. The van der Waals surface area contributed by atoms with Crippen LogP contribution >= 0.6 is 0 Å². The van der Waals surface area contributed by atoms with Crippen LogP contribution in [0.4, 0.5) is 0 Å². The van der Waals surface area contributed by atoms with Gasteiger partial charge >= 0.3 is 0 Å². The normalized spacial score (nSPS) is 10.9. The lowest BCUT2D eigenvalue weighted by atomic mass is 10.1. The standard InChI is InChI=1S/C21H22N4O2/c1-15-11-16(2)25(24-15)14-17-7-6-9-18(12-17)21(26)23-22-13-19-8-4-5-10-20(19)27-3/h4-13H,14H2,1-3H3,(H,23,26)/b22-13-. The second kappa shape index (κ2) is 8.31. The molecule has 0 saturated carbocycles. The number of ether oxygens (including phenoxy) is 1. The number of amides is 1. The fraction of sp³-hybridized carbons (Fsp3) is 0.190. The molecule has 0 aliphatic rings. The van der Waals surface area contributed by atoms with Crippen molar-refractivity contribution in [3.63, 3.8) is 0 Å². The molecule has 3 aromatic rings. The smallest absolute Gasteiger partial charge is 0.271 e. The number of para-hydroxylation sites is 1. The third-order valence-corrected chi connectivity index (χ3v) is 4.13. The average molecular weight is 362 g/mol. The summed E-state index contributed by atoms with van der Waals surface area (Å²) in [4.78, 5) is 12.4. The van der Waals surface area contributed by atoms with Crippen LogP contribution in [0.15, 0.2) is 59.7 Å². The van der Waals surface area contributed by atoms with Crippen molar-refractivity contribution in [2.45, 2.75) is 20.4 Å². The minimum atomic E-state index is -0.267. The Morgan fingerprint density at radius 2 is 2.00 bits per heavy atom. The van der Waals surface area contributed by atoms with E-state index >= 15 is 0 Å². The van der Waals surface area contributed by atoms with E-state index < -0.39 is 0 Å². The zero-order valence-electron chi connectivity index (χ0n) is 15.6. The number of methoxy groups -OCH3 is 1. The number of nitrogens with one attached hydrogen (secondary N) is 1. The number of carbonyl (C=O) groups is 1. The van der Waals surface area contributed by atoms with Crippen LogP contribution < -0.4 is 10.2 Å². The molecule has 138 valence electrons. The number of hydrazone groups is 1. The van der Waals surface area contributed by atoms with Gasteiger partial charge < -0.3 is 4.74 Å². The molecule has 1 N–H and O–H groups in total. The van der Waals surface area contributed by atoms with Gasteiger partial charge in [-0.25, -0.2) is 5.43 Å². The molecule has 0 aliphatic heterocycles. The lowest BCUT2D eigenvalue weighted by Crippen LogP contribution is -2.18. The van der Waals surface area contributed by atoms with Crippen LogP contribution in [0.5, 0.6) is 5.75 Å². The summed E-state index contributed by atoms with van der Waals surface area (Å²) in [7, 11) is 1.60. The lowest BCUT2D eigenvalue weighted by molar-refractivity contribution is 0.0955. The van der Waals surface area contributed by atoms with Crippen molar-refractivity contribution in [1.82, 2.24) is 15.2 Å². The van der Waals surface area contributed by atoms with Crippen LogP contribution in [0.2, 0.25) is 0 Å². The summed E-state index contributed by atoms with van der Waals surface area (Å²) in [6, 6.07) is 16.9. The van der Waals surface area contributed by atoms with Crippen LogP contribution in [0, 0.1) is 13.8 Å². The second-order valence-electron chi connectivity index (χ2n) is 6.23. The van der Waals surface area contributed by atoms with Gasteiger partial charge in [-0.3, -0.25) is 9.48 Å². The van der Waals surface area contributed by atoms with E-state index in [0.29, 0.717) is 17.9 Å². The zero-order chi connectivity index (χ0) is 19.2. The number of aromatic nitrogens is 2. The molecule has 0 spiro atoms. The number of aryl methyl sites for hydroxylation is 2. The molecule has 0 saturated heterocycles. The maximum atomic E-state index is 12.4. The first kappa shape index (κ1) is 18.4. The minimum absolute atomic E-state index is 0.267. The Kier molecular flexibility index (Phi) is 5.66. The number of hydrogen-bond acceptors (Lipinski definition) is 4. The highest BCUT2D eigenvalue weighted by molar-refractivity contribution is 5.95. The minimum Gasteiger partial charge on any atom is -0.496 e. The highest BCUT2D eigenvalue weighted by Crippen LogP contribution is 2.14. The lowest BCUT2D eigenvalue weighted by Gasteiger charge is -2.07. The van der Waals surface area contributed by atoms with Gasteiger partial charge in [0.25, 0.3) is 5.91 Å². The topological polar surface area (TPSA) is 68.5 Å². The molecule has 0 unspecified atom stereocenters. The molecular formula is C21H22N4O2. The molecule has 1 heterocycles. The fourth-order valence-electron chi connectivity index (χ4n) is 2.82. The maximum absolute atomic E-state index is 12.4. The molecule has 0 radical (unpaired) electrons. The average Bonchev–Trinajstić information content (AvgIpc) is 2.99. The summed E-state index contributed by atoms with van der Waals surface area (Å²) in [5.41, 5.74) is 6.96. The van der Waals surface area contributed by atoms with Crippen molar-refractivity contribution in [3.05, 3.63) is 82.7 Å². The molecule has 27 heavy (non-hydrogen) atoms. The van der Waals surface area contributed by atoms with Gasteiger partial charge in [-0.15, -0.1) is 0 Å². The third-order valence-electron chi connectivity index (χ3n) is 4.13. The summed E-state index contributed by atoms with van der Waals surface area (Å²) in [6.45, 7) is 4.60. The summed E-state index contributed by atoms with van der Waals surface area (Å²) < 4.78 is 7.18. The van der Waals surface area contributed by atoms with Crippen molar-refractivity contribution in [2.24, 2.45) is 5.10 Å². The Morgan fingerprint density at radius 1 is 1.19 bits per heavy atom. The van der Waals surface area contributed by atoms with Crippen molar-refractivity contribution in [3.8, 4) is 5.75 Å². The van der Waals surface area contributed by atoms with E-state index in [1.807, 2.05) is 67.1 Å². The zero-order valence-corrected chi connectivity index (χ0v) is 15.6. The Balaban J connectivity index is 1.68. The molecule has 1 amide bonds. The molecule has 1 aromatic heterocycles. The van der Waals surface area contributed by atoms with Crippen molar-refractivity contribution in [2.75, 3.05) is 7.11 Å². The molecule has 2 aromatic carbocycles. The summed E-state index contributed by atoms with van der Waals surface area (Å²) >= 11 is 0. The van der Waals surface area contributed by atoms with E-state index in [-0.39, 0.29) is 5.91 Å². The predicted molar refractivity (Wildman–Crippen MR) is 105 cm³/mol. The third kappa shape index (κ3) is 4.61. The van der Waals surface area contributed by atoms with Crippen LogP contribution in [0.1, 0.15) is 32.9 Å². The van der Waals surface area contributed by atoms with Crippen LogP contribution in [-0.4, -0.2) is 29.0 Å². The largest absolute Gasteiger partial charge is 0.496 e. The van der Waals surface area contributed by atoms with Gasteiger partial charge in [-0.2, -0.15) is 10.2 Å². The molecule has 6 heteroatoms. The molecule has 6 nitrogen and oxygen atoms in total. The number of hydrogen-bond donors (Lipinski definition) is 1. The highest BCUT2D eigenvalue weighted by atomic mass is 16.5. The Morgan fingerprint density at radius 3 is 2.74 bits per heavy atom. The molecule has 0 bridgehead atoms. The van der Waals surface area contributed by atoms with E-state index in [1.54, 1.807) is 19.4 Å². The molecule has 0 aliphatic carbocycles. The summed E-state index contributed by atoms with van der Waals surface area (Å²) in [6.07, 6.45) is 1.57. The second-order valence-corrected chi connectivity index (χ2v) is 6.23. The van der Waals surface area contributed by atoms with Gasteiger partial charge in [0.1, 0.15) is 5.75 Å². The van der Waals surface area contributed by atoms with Gasteiger partial charge in [0.2, 0.25) is 0 Å². The quantitative estimate of drug-likeness (QED) is 0.540. The number of rotatable bonds is 6. The van der Waals surface area contributed by atoms with Crippen LogP contribution in [0.25, 0.3) is 0 Å². The Hall–Kier alpha value is -3.41. The predicted octanol–water partition coefficient (Wildman–Crippen LogP) is 3.32. The first-order chi connectivity index (χ1) is 13.1. The maximum Gasteiger partial charge on any atom is 0.271 e. The van der Waals surface area contributed by atoms with Gasteiger partial charge in [-0.1, -0.05) is 24.3 Å². The van der Waals surface area contributed by atoms with Crippen LogP contribution in [0.3, 0.4) is 0 Å². The van der Waals surface area contributed by atoms with Crippen molar-refractivity contribution >= 4 is 12.1 Å². The number of nitrogens with zero attached hydrogens (tertiary/aromatic N) is 3. The van der Waals surface area contributed by atoms with E-state index in [9.17, 15) is 4.79 Å². The van der Waals surface area contributed by atoms with E-state index in [4.69, 9.17) is 4.74 Å². The van der Waals surface area contributed by atoms with Gasteiger partial charge in [0, 0.05) is 16.8 Å². The Labute approximate surface area is 158 Å². The first-order valence-electron chi connectivity index (χ1n) is 8.63. The van der Waals surface area contributed by atoms with E-state index in [2.05, 4.69) is 15.6 Å². The number of carbonyl (C=O) groups excluding carboxylic acids is 1. The Bertz CT molecular complexity index is 976. The van der Waals surface area contributed by atoms with Gasteiger partial charge in [-0.05, 0) is 49.7 Å². The molecule has 0 atom stereocenters. The van der Waals surface area contributed by atoms with Gasteiger partial charge in [0.05, 0.1) is 25.6 Å². The summed E-state index contributed by atoms with van der Waals surface area (Å²) in [5.74, 6) is 0.429. The first-order valence-corrected chi connectivity index (χ1v) is 8.63. The van der Waals surface area contributed by atoms with E-state index in [1.165, 1.54) is 0 Å². The highest BCUT2D eigenvalue weighted by Gasteiger charge is 2.07. The van der Waals surface area contributed by atoms with Crippen LogP contribution in [-0.2, 0) is 6.54 Å². The monoisotopic (exact) mass is 362 g/mol. The van der Waals surface area contributed by atoms with Crippen molar-refractivity contribution in [1.29, 1.82) is 0 Å².